The standard InChI is InChI=1S/C30H42N6O3/c1-6-7-14-25-33-26-27(23-12-8-9-13-24(23)32-28(26)31)36(25)18-11-10-17-35(21(2)37)22-15-19-34(20-16-22)29(38)39-30(3,4)5/h8-13,22H,6-7,14-20H2,1-5H3,(H2,31,32)/b11-10+. The van der Waals surface area contributed by atoms with Gasteiger partial charge in [0.25, 0.3) is 0 Å². The van der Waals surface area contributed by atoms with Crippen molar-refractivity contribution in [2.75, 3.05) is 25.4 Å². The smallest absolute Gasteiger partial charge is 0.410 e. The molecule has 0 bridgehead atoms. The number of unbranched alkanes of at least 4 members (excludes halogenated alkanes) is 1. The lowest BCUT2D eigenvalue weighted by atomic mass is 10.0. The van der Waals surface area contributed by atoms with E-state index in [1.165, 1.54) is 0 Å². The number of aryl methyl sites for hydroxylation is 1. The van der Waals surface area contributed by atoms with Crippen LogP contribution in [0.15, 0.2) is 36.4 Å². The van der Waals surface area contributed by atoms with E-state index in [0.717, 1.165) is 59.9 Å². The maximum absolute atomic E-state index is 12.6. The number of piperidine rings is 1. The highest BCUT2D eigenvalue weighted by atomic mass is 16.6. The quantitative estimate of drug-likeness (QED) is 0.392. The van der Waals surface area contributed by atoms with Crippen molar-refractivity contribution >= 4 is 39.8 Å². The van der Waals surface area contributed by atoms with Crippen LogP contribution < -0.4 is 5.73 Å². The first-order valence-corrected chi connectivity index (χ1v) is 14.0. The molecule has 3 aromatic rings. The average Bonchev–Trinajstić information content (AvgIpc) is 3.25. The summed E-state index contributed by atoms with van der Waals surface area (Å²) in [5, 5.41) is 1.03. The lowest BCUT2D eigenvalue weighted by Gasteiger charge is -2.38. The second kappa shape index (κ2) is 12.1. The molecule has 0 unspecified atom stereocenters. The number of aromatic nitrogens is 3. The highest BCUT2D eigenvalue weighted by Crippen LogP contribution is 2.29. The number of nitrogens with zero attached hydrogens (tertiary/aromatic N) is 5. The Kier molecular flexibility index (Phi) is 8.77. The molecule has 0 radical (unpaired) electrons. The monoisotopic (exact) mass is 534 g/mol. The number of nitrogens with two attached hydrogens (primary N) is 1. The van der Waals surface area contributed by atoms with Gasteiger partial charge in [-0.1, -0.05) is 43.7 Å². The van der Waals surface area contributed by atoms with Crippen molar-refractivity contribution < 1.29 is 14.3 Å². The van der Waals surface area contributed by atoms with Gasteiger partial charge in [0.05, 0.1) is 11.0 Å². The van der Waals surface area contributed by atoms with Gasteiger partial charge in [0.2, 0.25) is 5.91 Å². The summed E-state index contributed by atoms with van der Waals surface area (Å²) in [7, 11) is 0. The van der Waals surface area contributed by atoms with E-state index in [-0.39, 0.29) is 18.0 Å². The van der Waals surface area contributed by atoms with Crippen LogP contribution in [-0.2, 0) is 22.5 Å². The van der Waals surface area contributed by atoms with Crippen LogP contribution in [0.3, 0.4) is 0 Å². The van der Waals surface area contributed by atoms with Crippen LogP contribution >= 0.6 is 0 Å². The molecule has 0 saturated carbocycles. The molecule has 2 amide bonds. The topological polar surface area (TPSA) is 107 Å². The number of carbonyl (C=O) groups is 2. The number of carbonyl (C=O) groups excluding carboxylic acids is 2. The lowest BCUT2D eigenvalue weighted by Crippen LogP contribution is -2.49. The first kappa shape index (κ1) is 28.4. The van der Waals surface area contributed by atoms with Crippen molar-refractivity contribution in [1.82, 2.24) is 24.3 Å². The van der Waals surface area contributed by atoms with E-state index in [2.05, 4.69) is 34.7 Å². The zero-order valence-corrected chi connectivity index (χ0v) is 23.9. The second-order valence-electron chi connectivity index (χ2n) is 11.3. The summed E-state index contributed by atoms with van der Waals surface area (Å²) in [6.45, 7) is 11.7. The highest BCUT2D eigenvalue weighted by Gasteiger charge is 2.30. The van der Waals surface area contributed by atoms with Crippen molar-refractivity contribution in [2.24, 2.45) is 0 Å². The van der Waals surface area contributed by atoms with Crippen LogP contribution in [0.2, 0.25) is 0 Å². The van der Waals surface area contributed by atoms with Gasteiger partial charge in [0.1, 0.15) is 16.9 Å². The van der Waals surface area contributed by atoms with Gasteiger partial charge in [-0.15, -0.1) is 0 Å². The van der Waals surface area contributed by atoms with Gasteiger partial charge in [-0.25, -0.2) is 14.8 Å². The Bertz CT molecular complexity index is 1350. The Balaban J connectivity index is 1.48. The predicted molar refractivity (Wildman–Crippen MR) is 155 cm³/mol. The fraction of sp³-hybridized carbons (Fsp3) is 0.533. The number of pyridine rings is 1. The highest BCUT2D eigenvalue weighted by molar-refractivity contribution is 6.06. The molecule has 1 aliphatic rings. The fourth-order valence-electron chi connectivity index (χ4n) is 5.22. The van der Waals surface area contributed by atoms with Crippen LogP contribution in [0.25, 0.3) is 21.9 Å². The van der Waals surface area contributed by atoms with E-state index in [1.54, 1.807) is 11.8 Å². The summed E-state index contributed by atoms with van der Waals surface area (Å²) in [6, 6.07) is 8.11. The Morgan fingerprint density at radius 3 is 2.54 bits per heavy atom. The first-order chi connectivity index (χ1) is 18.6. The summed E-state index contributed by atoms with van der Waals surface area (Å²) in [4.78, 5) is 38.1. The molecule has 2 N–H and O–H groups in total. The first-order valence-electron chi connectivity index (χ1n) is 14.0. The molecular weight excluding hydrogens is 492 g/mol. The van der Waals surface area contributed by atoms with Gasteiger partial charge < -0.3 is 24.8 Å². The SMILES string of the molecule is CCCCc1nc2c(N)nc3ccccc3c2n1C/C=C/CN(C(C)=O)C1CCN(C(=O)OC(C)(C)C)CC1. The summed E-state index contributed by atoms with van der Waals surface area (Å²) in [6.07, 6.45) is 8.33. The van der Waals surface area contributed by atoms with Crippen molar-refractivity contribution in [3.05, 3.63) is 42.2 Å². The number of benzene rings is 1. The summed E-state index contributed by atoms with van der Waals surface area (Å²) in [5.74, 6) is 1.49. The zero-order valence-electron chi connectivity index (χ0n) is 23.9. The Labute approximate surface area is 231 Å². The van der Waals surface area contributed by atoms with E-state index in [4.69, 9.17) is 15.5 Å². The van der Waals surface area contributed by atoms with Crippen molar-refractivity contribution in [3.63, 3.8) is 0 Å². The number of hydrogen-bond acceptors (Lipinski definition) is 6. The molecule has 1 aliphatic heterocycles. The predicted octanol–water partition coefficient (Wildman–Crippen LogP) is 5.31. The minimum Gasteiger partial charge on any atom is -0.444 e. The molecule has 210 valence electrons. The second-order valence-corrected chi connectivity index (χ2v) is 11.3. The number of anilines is 1. The van der Waals surface area contributed by atoms with E-state index >= 15 is 0 Å². The van der Waals surface area contributed by atoms with E-state index in [1.807, 2.05) is 43.9 Å². The average molecular weight is 535 g/mol. The molecule has 0 aliphatic carbocycles. The molecule has 1 saturated heterocycles. The number of amides is 2. The van der Waals surface area contributed by atoms with Crippen LogP contribution in [0, 0.1) is 0 Å². The summed E-state index contributed by atoms with van der Waals surface area (Å²) >= 11 is 0. The van der Waals surface area contributed by atoms with Gasteiger partial charge in [0, 0.05) is 51.0 Å². The Morgan fingerprint density at radius 1 is 1.15 bits per heavy atom. The van der Waals surface area contributed by atoms with Crippen LogP contribution in [0.1, 0.15) is 66.1 Å². The fourth-order valence-corrected chi connectivity index (χ4v) is 5.22. The van der Waals surface area contributed by atoms with Crippen LogP contribution in [-0.4, -0.2) is 67.6 Å². The number of fused-ring (bicyclic) bond motifs is 3. The molecule has 9 heteroatoms. The normalized spacial score (nSPS) is 14.9. The lowest BCUT2D eigenvalue weighted by molar-refractivity contribution is -0.131. The number of para-hydroxylation sites is 1. The third-order valence-corrected chi connectivity index (χ3v) is 7.16. The van der Waals surface area contributed by atoms with Crippen LogP contribution in [0.4, 0.5) is 10.6 Å². The Hall–Kier alpha value is -3.62. The van der Waals surface area contributed by atoms with E-state index in [0.29, 0.717) is 32.0 Å². The molecule has 2 aromatic heterocycles. The van der Waals surface area contributed by atoms with E-state index in [9.17, 15) is 9.59 Å². The van der Waals surface area contributed by atoms with E-state index < -0.39 is 5.60 Å². The molecule has 3 heterocycles. The molecule has 9 nitrogen and oxygen atoms in total. The maximum atomic E-state index is 12.6. The summed E-state index contributed by atoms with van der Waals surface area (Å²) < 4.78 is 7.75. The van der Waals surface area contributed by atoms with Gasteiger partial charge in [-0.3, -0.25) is 4.79 Å². The van der Waals surface area contributed by atoms with Gasteiger partial charge in [0.15, 0.2) is 5.82 Å². The number of nitrogen functional groups attached to an aromatic ring is 1. The minimum atomic E-state index is -0.518. The molecule has 0 atom stereocenters. The van der Waals surface area contributed by atoms with Gasteiger partial charge in [-0.2, -0.15) is 0 Å². The third kappa shape index (κ3) is 6.69. The molecule has 4 rings (SSSR count). The number of imidazole rings is 1. The molecule has 1 fully saturated rings. The van der Waals surface area contributed by atoms with Crippen molar-refractivity contribution in [2.45, 2.75) is 84.9 Å². The third-order valence-electron chi connectivity index (χ3n) is 7.16. The molecule has 1 aromatic carbocycles. The Morgan fingerprint density at radius 2 is 1.87 bits per heavy atom. The molecule has 0 spiro atoms. The number of ether oxygens (including phenoxy) is 1. The maximum Gasteiger partial charge on any atom is 0.410 e. The number of hydrogen-bond donors (Lipinski definition) is 1. The zero-order chi connectivity index (χ0) is 28.2. The molecule has 39 heavy (non-hydrogen) atoms. The van der Waals surface area contributed by atoms with Gasteiger partial charge in [-0.05, 0) is 46.1 Å². The van der Waals surface area contributed by atoms with Crippen molar-refractivity contribution in [3.8, 4) is 0 Å². The van der Waals surface area contributed by atoms with Crippen molar-refractivity contribution in [1.29, 1.82) is 0 Å². The number of rotatable bonds is 8. The minimum absolute atomic E-state index is 0.0388. The number of likely N-dealkylation sites (tertiary alicyclic amines) is 1. The largest absolute Gasteiger partial charge is 0.444 e. The van der Waals surface area contributed by atoms with Crippen LogP contribution in [0.5, 0.6) is 0 Å². The number of allylic oxidation sites excluding steroid dienone is 1. The van der Waals surface area contributed by atoms with Gasteiger partial charge >= 0.3 is 6.09 Å². The summed E-state index contributed by atoms with van der Waals surface area (Å²) in [5.41, 5.74) is 8.41. The molecular formula is C30H42N6O3.